The topological polar surface area (TPSA) is 118 Å². The molecule has 0 aliphatic rings. The molecule has 0 aromatic heterocycles. The Labute approximate surface area is 184 Å². The number of sulfonamides is 1. The van der Waals surface area contributed by atoms with E-state index in [4.69, 9.17) is 9.47 Å². The summed E-state index contributed by atoms with van der Waals surface area (Å²) in [5.41, 5.74) is 4.16. The third kappa shape index (κ3) is 9.35. The summed E-state index contributed by atoms with van der Waals surface area (Å²) in [6.07, 6.45) is 0.286. The Morgan fingerprint density at radius 3 is 2.19 bits per heavy atom. The van der Waals surface area contributed by atoms with E-state index in [2.05, 4.69) is 10.5 Å². The maximum absolute atomic E-state index is 12.3. The SMILES string of the molecule is CCOC(=O)/C(CCCN(C)C)=N\Nc1ccc(CS(=O)(=O)N(C)C(=O)OCC)cc1. The van der Waals surface area contributed by atoms with Crippen molar-refractivity contribution in [3.8, 4) is 0 Å². The molecule has 11 heteroatoms. The zero-order chi connectivity index (χ0) is 23.4. The molecule has 0 aliphatic heterocycles. The molecule has 1 amide bonds. The van der Waals surface area contributed by atoms with Crippen LogP contribution < -0.4 is 5.43 Å². The highest BCUT2D eigenvalue weighted by Gasteiger charge is 2.24. The number of carbonyl (C=O) groups excluding carboxylic acids is 2. The van der Waals surface area contributed by atoms with E-state index in [-0.39, 0.29) is 24.7 Å². The second-order valence-corrected chi connectivity index (χ2v) is 8.92. The molecule has 0 saturated carbocycles. The van der Waals surface area contributed by atoms with E-state index in [0.29, 0.717) is 22.0 Å². The van der Waals surface area contributed by atoms with Crippen LogP contribution in [0.4, 0.5) is 10.5 Å². The second kappa shape index (κ2) is 12.9. The Morgan fingerprint density at radius 2 is 1.65 bits per heavy atom. The first kappa shape index (κ1) is 26.4. The fourth-order valence-electron chi connectivity index (χ4n) is 2.42. The number of anilines is 1. The van der Waals surface area contributed by atoms with Crippen molar-refractivity contribution >= 4 is 33.5 Å². The van der Waals surface area contributed by atoms with E-state index in [9.17, 15) is 18.0 Å². The molecule has 1 aromatic rings. The lowest BCUT2D eigenvalue weighted by Gasteiger charge is -2.16. The summed E-state index contributed by atoms with van der Waals surface area (Å²) >= 11 is 0. The van der Waals surface area contributed by atoms with E-state index in [0.717, 1.165) is 20.0 Å². The van der Waals surface area contributed by atoms with Crippen LogP contribution in [0.5, 0.6) is 0 Å². The van der Waals surface area contributed by atoms with Gasteiger partial charge in [0.15, 0.2) is 0 Å². The molecule has 0 fully saturated rings. The number of hydrogen-bond donors (Lipinski definition) is 1. The van der Waals surface area contributed by atoms with Gasteiger partial charge in [0, 0.05) is 13.5 Å². The minimum absolute atomic E-state index is 0.0858. The molecular weight excluding hydrogens is 424 g/mol. The Morgan fingerprint density at radius 1 is 1.03 bits per heavy atom. The van der Waals surface area contributed by atoms with Crippen molar-refractivity contribution in [3.05, 3.63) is 29.8 Å². The van der Waals surface area contributed by atoms with Crippen molar-refractivity contribution < 1.29 is 27.5 Å². The molecule has 1 aromatic carbocycles. The van der Waals surface area contributed by atoms with E-state index < -0.39 is 22.1 Å². The third-order valence-electron chi connectivity index (χ3n) is 4.10. The Kier molecular flexibility index (Phi) is 11.0. The lowest BCUT2D eigenvalue weighted by molar-refractivity contribution is -0.135. The summed E-state index contributed by atoms with van der Waals surface area (Å²) in [4.78, 5) is 25.8. The van der Waals surface area contributed by atoms with Crippen LogP contribution in [0.1, 0.15) is 32.3 Å². The first-order chi connectivity index (χ1) is 14.6. The summed E-state index contributed by atoms with van der Waals surface area (Å²) in [6.45, 7) is 4.48. The highest BCUT2D eigenvalue weighted by molar-refractivity contribution is 7.88. The van der Waals surface area contributed by atoms with Gasteiger partial charge in [-0.1, -0.05) is 12.1 Å². The summed E-state index contributed by atoms with van der Waals surface area (Å²) in [5.74, 6) is -0.830. The number of esters is 1. The number of hydrogen-bond acceptors (Lipinski definition) is 9. The van der Waals surface area contributed by atoms with Gasteiger partial charge in [0.1, 0.15) is 5.71 Å². The quantitative estimate of drug-likeness (QED) is 0.289. The molecule has 10 nitrogen and oxygen atoms in total. The minimum atomic E-state index is -3.86. The van der Waals surface area contributed by atoms with Gasteiger partial charge in [0.25, 0.3) is 0 Å². The number of rotatable bonds is 12. The van der Waals surface area contributed by atoms with Crippen LogP contribution in [-0.4, -0.2) is 76.3 Å². The van der Waals surface area contributed by atoms with Crippen molar-refractivity contribution in [1.29, 1.82) is 0 Å². The number of ether oxygens (including phenoxy) is 2. The first-order valence-electron chi connectivity index (χ1n) is 9.97. The highest BCUT2D eigenvalue weighted by atomic mass is 32.2. The summed E-state index contributed by atoms with van der Waals surface area (Å²) in [5, 5.41) is 4.17. The van der Waals surface area contributed by atoms with Crippen LogP contribution in [0, 0.1) is 0 Å². The van der Waals surface area contributed by atoms with Gasteiger partial charge in [-0.2, -0.15) is 5.10 Å². The monoisotopic (exact) mass is 456 g/mol. The zero-order valence-electron chi connectivity index (χ0n) is 18.8. The van der Waals surface area contributed by atoms with Crippen LogP contribution in [-0.2, 0) is 30.0 Å². The zero-order valence-corrected chi connectivity index (χ0v) is 19.6. The summed E-state index contributed by atoms with van der Waals surface area (Å²) < 4.78 is 35.0. The van der Waals surface area contributed by atoms with Crippen molar-refractivity contribution in [2.45, 2.75) is 32.4 Å². The smallest absolute Gasteiger partial charge is 0.423 e. The van der Waals surface area contributed by atoms with Crippen molar-refractivity contribution in [1.82, 2.24) is 9.21 Å². The molecule has 0 spiro atoms. The molecule has 1 rings (SSSR count). The van der Waals surface area contributed by atoms with Crippen LogP contribution >= 0.6 is 0 Å². The predicted octanol–water partition coefficient (Wildman–Crippen LogP) is 2.28. The number of amides is 1. The molecule has 31 heavy (non-hydrogen) atoms. The molecular formula is C20H32N4O6S. The molecule has 0 heterocycles. The first-order valence-corrected chi connectivity index (χ1v) is 11.6. The van der Waals surface area contributed by atoms with E-state index in [1.54, 1.807) is 38.1 Å². The largest absolute Gasteiger partial charge is 0.461 e. The maximum Gasteiger partial charge on any atom is 0.423 e. The van der Waals surface area contributed by atoms with Crippen molar-refractivity contribution in [2.75, 3.05) is 46.3 Å². The summed E-state index contributed by atoms with van der Waals surface area (Å²) in [6, 6.07) is 6.48. The second-order valence-electron chi connectivity index (χ2n) is 6.92. The molecule has 0 saturated heterocycles. The average molecular weight is 457 g/mol. The number of benzene rings is 1. The van der Waals surface area contributed by atoms with Gasteiger partial charge >= 0.3 is 12.1 Å². The van der Waals surface area contributed by atoms with Crippen LogP contribution in [0.2, 0.25) is 0 Å². The number of nitrogens with one attached hydrogen (secondary N) is 1. The predicted molar refractivity (Wildman–Crippen MR) is 119 cm³/mol. The van der Waals surface area contributed by atoms with Gasteiger partial charge in [0.2, 0.25) is 10.0 Å². The van der Waals surface area contributed by atoms with Crippen LogP contribution in [0.15, 0.2) is 29.4 Å². The highest BCUT2D eigenvalue weighted by Crippen LogP contribution is 2.15. The van der Waals surface area contributed by atoms with Crippen LogP contribution in [0.3, 0.4) is 0 Å². The molecule has 0 unspecified atom stereocenters. The molecule has 1 N–H and O–H groups in total. The molecule has 0 bridgehead atoms. The third-order valence-corrected chi connectivity index (χ3v) is 5.78. The summed E-state index contributed by atoms with van der Waals surface area (Å²) in [7, 11) is 1.20. The number of hydrazone groups is 1. The lowest BCUT2D eigenvalue weighted by atomic mass is 10.2. The Hall–Kier alpha value is -2.66. The number of nitrogens with zero attached hydrogens (tertiary/aromatic N) is 3. The minimum Gasteiger partial charge on any atom is -0.461 e. The van der Waals surface area contributed by atoms with Gasteiger partial charge < -0.3 is 14.4 Å². The number of carbonyl (C=O) groups is 2. The molecule has 0 radical (unpaired) electrons. The maximum atomic E-state index is 12.3. The fourth-order valence-corrected chi connectivity index (χ4v) is 3.51. The lowest BCUT2D eigenvalue weighted by Crippen LogP contribution is -2.34. The Balaban J connectivity index is 2.82. The normalized spacial score (nSPS) is 11.9. The van der Waals surface area contributed by atoms with Crippen molar-refractivity contribution in [2.24, 2.45) is 5.10 Å². The van der Waals surface area contributed by atoms with Gasteiger partial charge in [-0.3, -0.25) is 5.43 Å². The van der Waals surface area contributed by atoms with Crippen molar-refractivity contribution in [3.63, 3.8) is 0 Å². The fraction of sp³-hybridized carbons (Fsp3) is 0.550. The van der Waals surface area contributed by atoms with Gasteiger partial charge in [-0.15, -0.1) is 0 Å². The van der Waals surface area contributed by atoms with Gasteiger partial charge in [0.05, 0.1) is 24.7 Å². The van der Waals surface area contributed by atoms with E-state index in [1.165, 1.54) is 0 Å². The molecule has 0 atom stereocenters. The van der Waals surface area contributed by atoms with Gasteiger partial charge in [-0.05, 0) is 58.6 Å². The molecule has 0 aliphatic carbocycles. The van der Waals surface area contributed by atoms with Gasteiger partial charge in [-0.25, -0.2) is 22.3 Å². The van der Waals surface area contributed by atoms with E-state index >= 15 is 0 Å². The Bertz CT molecular complexity index is 853. The molecule has 174 valence electrons. The van der Waals surface area contributed by atoms with E-state index in [1.807, 2.05) is 19.0 Å². The van der Waals surface area contributed by atoms with Crippen LogP contribution in [0.25, 0.3) is 0 Å². The average Bonchev–Trinajstić information content (AvgIpc) is 2.70. The standard InChI is InChI=1S/C20H32N4O6S/c1-6-29-19(25)18(9-8-14-23(3)4)22-21-17-12-10-16(11-13-17)15-31(27,28)24(5)20(26)30-7-2/h10-13,21H,6-9,14-15H2,1-5H3/b22-18-.